The van der Waals surface area contributed by atoms with E-state index in [-0.39, 0.29) is 11.9 Å². The van der Waals surface area contributed by atoms with Gasteiger partial charge in [-0.1, -0.05) is 19.9 Å². The molecule has 3 N–H and O–H groups in total. The molecule has 0 saturated carbocycles. The molecule has 1 aromatic rings. The molecular weight excluding hydrogens is 290 g/mol. The van der Waals surface area contributed by atoms with Gasteiger partial charge in [0.25, 0.3) is 0 Å². The predicted octanol–water partition coefficient (Wildman–Crippen LogP) is 3.54. The Bertz CT molecular complexity index is 565. The zero-order valence-corrected chi connectivity index (χ0v) is 15.0. The molecule has 0 atom stereocenters. The van der Waals surface area contributed by atoms with Crippen LogP contribution in [0, 0.1) is 6.92 Å². The topological polar surface area (TPSA) is 70.2 Å². The molecule has 0 unspecified atom stereocenters. The van der Waals surface area contributed by atoms with E-state index in [1.807, 2.05) is 32.0 Å². The standard InChI is InChI=1S/C18H29N3O2/c1-12(2)15-11-14(8-7-13(15)3)20-17(23)21-18(4,5)10-9-16(22)19-6/h7-8,11-12H,9-10H2,1-6H3,(H,19,22)(H2,20,21,23). The first-order valence-electron chi connectivity index (χ1n) is 8.05. The lowest BCUT2D eigenvalue weighted by Gasteiger charge is -2.26. The molecule has 0 aliphatic rings. The van der Waals surface area contributed by atoms with E-state index in [0.29, 0.717) is 18.8 Å². The van der Waals surface area contributed by atoms with Crippen LogP contribution in [0.1, 0.15) is 57.6 Å². The number of aryl methyl sites for hydroxylation is 1. The molecular formula is C18H29N3O2. The Balaban J connectivity index is 2.66. The summed E-state index contributed by atoms with van der Waals surface area (Å²) in [6.07, 6.45) is 0.955. The fourth-order valence-corrected chi connectivity index (χ4v) is 2.42. The maximum atomic E-state index is 12.2. The molecule has 0 spiro atoms. The fourth-order valence-electron chi connectivity index (χ4n) is 2.42. The molecule has 0 aliphatic heterocycles. The van der Waals surface area contributed by atoms with Gasteiger partial charge in [0.2, 0.25) is 5.91 Å². The lowest BCUT2D eigenvalue weighted by atomic mass is 9.97. The van der Waals surface area contributed by atoms with Crippen molar-refractivity contribution in [3.63, 3.8) is 0 Å². The number of urea groups is 1. The van der Waals surface area contributed by atoms with Gasteiger partial charge in [-0.05, 0) is 56.4 Å². The second-order valence-electron chi connectivity index (χ2n) is 6.86. The van der Waals surface area contributed by atoms with E-state index in [4.69, 9.17) is 0 Å². The maximum absolute atomic E-state index is 12.2. The SMILES string of the molecule is CNC(=O)CCC(C)(C)NC(=O)Nc1ccc(C)c(C(C)C)c1. The highest BCUT2D eigenvalue weighted by molar-refractivity contribution is 5.90. The van der Waals surface area contributed by atoms with Crippen LogP contribution in [0.3, 0.4) is 0 Å². The molecule has 0 saturated heterocycles. The van der Waals surface area contributed by atoms with Crippen LogP contribution in [-0.4, -0.2) is 24.5 Å². The highest BCUT2D eigenvalue weighted by atomic mass is 16.2. The summed E-state index contributed by atoms with van der Waals surface area (Å²) in [5.41, 5.74) is 2.76. The van der Waals surface area contributed by atoms with Crippen molar-refractivity contribution >= 4 is 17.6 Å². The Labute approximate surface area is 139 Å². The van der Waals surface area contributed by atoms with Crippen molar-refractivity contribution in [2.24, 2.45) is 0 Å². The molecule has 0 radical (unpaired) electrons. The van der Waals surface area contributed by atoms with Gasteiger partial charge < -0.3 is 16.0 Å². The minimum absolute atomic E-state index is 0.0274. The number of nitrogens with one attached hydrogen (secondary N) is 3. The van der Waals surface area contributed by atoms with Crippen molar-refractivity contribution in [3.05, 3.63) is 29.3 Å². The van der Waals surface area contributed by atoms with Crippen LogP contribution in [0.4, 0.5) is 10.5 Å². The second-order valence-corrected chi connectivity index (χ2v) is 6.86. The van der Waals surface area contributed by atoms with E-state index in [0.717, 1.165) is 5.69 Å². The van der Waals surface area contributed by atoms with Crippen LogP contribution < -0.4 is 16.0 Å². The molecule has 23 heavy (non-hydrogen) atoms. The van der Waals surface area contributed by atoms with Gasteiger partial charge in [0.15, 0.2) is 0 Å². The molecule has 128 valence electrons. The van der Waals surface area contributed by atoms with E-state index >= 15 is 0 Å². The minimum Gasteiger partial charge on any atom is -0.359 e. The van der Waals surface area contributed by atoms with Crippen molar-refractivity contribution in [3.8, 4) is 0 Å². The highest BCUT2D eigenvalue weighted by Crippen LogP contribution is 2.23. The summed E-state index contributed by atoms with van der Waals surface area (Å²) in [5.74, 6) is 0.379. The summed E-state index contributed by atoms with van der Waals surface area (Å²) in [7, 11) is 1.61. The molecule has 1 rings (SSSR count). The summed E-state index contributed by atoms with van der Waals surface area (Å²) in [5, 5.41) is 8.37. The molecule has 5 heteroatoms. The number of hydrogen-bond acceptors (Lipinski definition) is 2. The number of benzene rings is 1. The number of anilines is 1. The fraction of sp³-hybridized carbons (Fsp3) is 0.556. The van der Waals surface area contributed by atoms with E-state index < -0.39 is 5.54 Å². The smallest absolute Gasteiger partial charge is 0.319 e. The van der Waals surface area contributed by atoms with Gasteiger partial charge in [0.05, 0.1) is 0 Å². The Morgan fingerprint density at radius 2 is 1.87 bits per heavy atom. The average molecular weight is 319 g/mol. The largest absolute Gasteiger partial charge is 0.359 e. The Morgan fingerprint density at radius 1 is 1.22 bits per heavy atom. The minimum atomic E-state index is -0.456. The third kappa shape index (κ3) is 6.30. The third-order valence-electron chi connectivity index (χ3n) is 3.87. The number of carbonyl (C=O) groups excluding carboxylic acids is 2. The molecule has 0 fully saturated rings. The van der Waals surface area contributed by atoms with Crippen molar-refractivity contribution in [2.45, 2.75) is 58.9 Å². The van der Waals surface area contributed by atoms with E-state index in [1.165, 1.54) is 11.1 Å². The van der Waals surface area contributed by atoms with Crippen molar-refractivity contribution in [1.29, 1.82) is 0 Å². The molecule has 1 aromatic carbocycles. The monoisotopic (exact) mass is 319 g/mol. The molecule has 3 amide bonds. The second kappa shape index (κ2) is 7.99. The molecule has 5 nitrogen and oxygen atoms in total. The number of rotatable bonds is 6. The van der Waals surface area contributed by atoms with Crippen LogP contribution in [0.2, 0.25) is 0 Å². The van der Waals surface area contributed by atoms with Crippen LogP contribution in [0.5, 0.6) is 0 Å². The first-order valence-corrected chi connectivity index (χ1v) is 8.05. The summed E-state index contributed by atoms with van der Waals surface area (Å²) in [6.45, 7) is 10.2. The first kappa shape index (κ1) is 19.0. The maximum Gasteiger partial charge on any atom is 0.319 e. The third-order valence-corrected chi connectivity index (χ3v) is 3.87. The van der Waals surface area contributed by atoms with Gasteiger partial charge >= 0.3 is 6.03 Å². The summed E-state index contributed by atoms with van der Waals surface area (Å²) < 4.78 is 0. The summed E-state index contributed by atoms with van der Waals surface area (Å²) in [4.78, 5) is 23.5. The van der Waals surface area contributed by atoms with E-state index in [9.17, 15) is 9.59 Å². The normalized spacial score (nSPS) is 11.3. The van der Waals surface area contributed by atoms with Crippen molar-refractivity contribution in [2.75, 3.05) is 12.4 Å². The van der Waals surface area contributed by atoms with Gasteiger partial charge in [-0.25, -0.2) is 4.79 Å². The molecule has 0 heterocycles. The number of hydrogen-bond donors (Lipinski definition) is 3. The lowest BCUT2D eigenvalue weighted by molar-refractivity contribution is -0.120. The van der Waals surface area contributed by atoms with Gasteiger partial charge in [0, 0.05) is 24.7 Å². The van der Waals surface area contributed by atoms with Gasteiger partial charge in [-0.3, -0.25) is 4.79 Å². The summed E-state index contributed by atoms with van der Waals surface area (Å²) in [6, 6.07) is 5.67. The molecule has 0 aromatic heterocycles. The number of amides is 3. The van der Waals surface area contributed by atoms with Crippen molar-refractivity contribution < 1.29 is 9.59 Å². The first-order chi connectivity index (χ1) is 10.6. The van der Waals surface area contributed by atoms with E-state index in [2.05, 4.69) is 36.7 Å². The lowest BCUT2D eigenvalue weighted by Crippen LogP contribution is -2.46. The zero-order valence-electron chi connectivity index (χ0n) is 15.0. The quantitative estimate of drug-likeness (QED) is 0.750. The van der Waals surface area contributed by atoms with Crippen LogP contribution in [-0.2, 0) is 4.79 Å². The van der Waals surface area contributed by atoms with Crippen LogP contribution >= 0.6 is 0 Å². The number of carbonyl (C=O) groups is 2. The predicted molar refractivity (Wildman–Crippen MR) is 94.8 cm³/mol. The van der Waals surface area contributed by atoms with Crippen LogP contribution in [0.25, 0.3) is 0 Å². The van der Waals surface area contributed by atoms with Gasteiger partial charge in [-0.15, -0.1) is 0 Å². The highest BCUT2D eigenvalue weighted by Gasteiger charge is 2.21. The van der Waals surface area contributed by atoms with Crippen LogP contribution in [0.15, 0.2) is 18.2 Å². The molecule has 0 aliphatic carbocycles. The van der Waals surface area contributed by atoms with Gasteiger partial charge in [-0.2, -0.15) is 0 Å². The van der Waals surface area contributed by atoms with Gasteiger partial charge in [0.1, 0.15) is 0 Å². The Morgan fingerprint density at radius 3 is 2.43 bits per heavy atom. The summed E-state index contributed by atoms with van der Waals surface area (Å²) >= 11 is 0. The molecule has 0 bridgehead atoms. The Kier molecular flexibility index (Phi) is 6.61. The average Bonchev–Trinajstić information content (AvgIpc) is 2.45. The van der Waals surface area contributed by atoms with E-state index in [1.54, 1.807) is 7.05 Å². The Hall–Kier alpha value is -2.04. The van der Waals surface area contributed by atoms with Crippen molar-refractivity contribution in [1.82, 2.24) is 10.6 Å². The zero-order chi connectivity index (χ0) is 17.6.